The first-order chi connectivity index (χ1) is 17.3. The number of anilines is 2. The second-order valence-corrected chi connectivity index (χ2v) is 8.20. The lowest BCUT2D eigenvalue weighted by Crippen LogP contribution is -2.29. The Labute approximate surface area is 205 Å². The van der Waals surface area contributed by atoms with Gasteiger partial charge in [0.15, 0.2) is 0 Å². The number of fused-ring (bicyclic) bond motifs is 1. The van der Waals surface area contributed by atoms with Crippen LogP contribution in [0.5, 0.6) is 11.8 Å². The van der Waals surface area contributed by atoms with Crippen LogP contribution in [0.15, 0.2) is 72.8 Å². The van der Waals surface area contributed by atoms with Gasteiger partial charge in [0.1, 0.15) is 11.6 Å². The van der Waals surface area contributed by atoms with Crippen molar-refractivity contribution >= 4 is 29.1 Å². The molecular formula is C27H19FN4O4. The van der Waals surface area contributed by atoms with E-state index in [2.05, 4.69) is 15.3 Å². The van der Waals surface area contributed by atoms with Gasteiger partial charge < -0.3 is 10.1 Å². The van der Waals surface area contributed by atoms with Crippen molar-refractivity contribution in [1.29, 1.82) is 0 Å². The molecule has 0 radical (unpaired) electrons. The maximum atomic E-state index is 13.3. The Hall–Kier alpha value is -4.92. The van der Waals surface area contributed by atoms with Crippen LogP contribution >= 0.6 is 0 Å². The Balaban J connectivity index is 1.34. The zero-order chi connectivity index (χ0) is 25.4. The van der Waals surface area contributed by atoms with E-state index in [1.165, 1.54) is 42.5 Å². The number of nitrogens with zero attached hydrogens (tertiary/aromatic N) is 3. The van der Waals surface area contributed by atoms with E-state index in [0.717, 1.165) is 16.3 Å². The predicted molar refractivity (Wildman–Crippen MR) is 130 cm³/mol. The topological polar surface area (TPSA) is 101 Å². The van der Waals surface area contributed by atoms with Crippen molar-refractivity contribution in [3.63, 3.8) is 0 Å². The van der Waals surface area contributed by atoms with Crippen molar-refractivity contribution in [1.82, 2.24) is 9.97 Å². The molecule has 1 aliphatic rings. The van der Waals surface area contributed by atoms with Crippen molar-refractivity contribution in [3.8, 4) is 11.8 Å². The summed E-state index contributed by atoms with van der Waals surface area (Å²) in [7, 11) is 0. The van der Waals surface area contributed by atoms with Gasteiger partial charge in [-0.25, -0.2) is 19.3 Å². The van der Waals surface area contributed by atoms with E-state index in [4.69, 9.17) is 4.74 Å². The molecule has 0 spiro atoms. The number of imide groups is 1. The van der Waals surface area contributed by atoms with Crippen molar-refractivity contribution in [2.75, 3.05) is 10.2 Å². The fourth-order valence-electron chi connectivity index (χ4n) is 3.89. The van der Waals surface area contributed by atoms with Crippen molar-refractivity contribution in [3.05, 3.63) is 107 Å². The maximum Gasteiger partial charge on any atom is 0.322 e. The number of aryl methyl sites for hydroxylation is 2. The second kappa shape index (κ2) is 9.03. The van der Waals surface area contributed by atoms with Gasteiger partial charge in [0, 0.05) is 28.7 Å². The van der Waals surface area contributed by atoms with Gasteiger partial charge in [0.05, 0.1) is 16.8 Å². The minimum atomic E-state index is -0.583. The summed E-state index contributed by atoms with van der Waals surface area (Å²) in [5, 5.41) is 2.76. The van der Waals surface area contributed by atoms with Crippen LogP contribution in [0.25, 0.3) is 0 Å². The van der Waals surface area contributed by atoms with Crippen LogP contribution in [0.1, 0.15) is 42.5 Å². The third-order valence-corrected chi connectivity index (χ3v) is 5.50. The van der Waals surface area contributed by atoms with Crippen LogP contribution in [-0.4, -0.2) is 27.7 Å². The third kappa shape index (κ3) is 4.41. The van der Waals surface area contributed by atoms with E-state index in [0.29, 0.717) is 11.4 Å². The van der Waals surface area contributed by atoms with Gasteiger partial charge in [0.2, 0.25) is 0 Å². The molecular weight excluding hydrogens is 463 g/mol. The molecule has 5 rings (SSSR count). The van der Waals surface area contributed by atoms with Crippen LogP contribution in [0.2, 0.25) is 0 Å². The Kier molecular flexibility index (Phi) is 5.73. The van der Waals surface area contributed by atoms with Crippen LogP contribution in [0, 0.1) is 19.7 Å². The number of carbonyl (C=O) groups excluding carboxylic acids is 3. The van der Waals surface area contributed by atoms with Crippen LogP contribution in [-0.2, 0) is 0 Å². The summed E-state index contributed by atoms with van der Waals surface area (Å²) < 4.78 is 19.0. The van der Waals surface area contributed by atoms with Crippen molar-refractivity contribution in [2.24, 2.45) is 0 Å². The molecule has 9 heteroatoms. The Bertz CT molecular complexity index is 1520. The molecule has 178 valence electrons. The fourth-order valence-corrected chi connectivity index (χ4v) is 3.89. The molecule has 36 heavy (non-hydrogen) atoms. The maximum absolute atomic E-state index is 13.3. The highest BCUT2D eigenvalue weighted by molar-refractivity contribution is 6.34. The fraction of sp³-hybridized carbons (Fsp3) is 0.0741. The summed E-state index contributed by atoms with van der Waals surface area (Å²) in [5.74, 6) is -1.64. The average Bonchev–Trinajstić information content (AvgIpc) is 3.08. The lowest BCUT2D eigenvalue weighted by Gasteiger charge is -2.13. The van der Waals surface area contributed by atoms with Crippen LogP contribution in [0.4, 0.5) is 15.8 Å². The second-order valence-electron chi connectivity index (χ2n) is 8.20. The molecule has 0 unspecified atom stereocenters. The highest BCUT2D eigenvalue weighted by Crippen LogP contribution is 2.30. The first-order valence-corrected chi connectivity index (χ1v) is 11.0. The Morgan fingerprint density at radius 1 is 0.861 bits per heavy atom. The highest BCUT2D eigenvalue weighted by atomic mass is 19.1. The monoisotopic (exact) mass is 482 g/mol. The number of rotatable bonds is 5. The van der Waals surface area contributed by atoms with Crippen molar-refractivity contribution < 1.29 is 23.5 Å². The lowest BCUT2D eigenvalue weighted by molar-refractivity contribution is 0.0925. The van der Waals surface area contributed by atoms with Gasteiger partial charge in [-0.3, -0.25) is 14.4 Å². The molecule has 4 aromatic rings. The highest BCUT2D eigenvalue weighted by Gasteiger charge is 2.37. The van der Waals surface area contributed by atoms with E-state index in [1.54, 1.807) is 24.3 Å². The molecule has 2 heterocycles. The molecule has 8 nitrogen and oxygen atoms in total. The SMILES string of the molecule is Cc1cc(C)nc(Oc2cccc(NC(=O)c3ccc4c(c3)C(=O)N(c3ccc(F)cc3)C4=O)c2)n1. The molecule has 0 fully saturated rings. The molecule has 3 aromatic carbocycles. The molecule has 0 aliphatic carbocycles. The Morgan fingerprint density at radius 3 is 2.28 bits per heavy atom. The predicted octanol–water partition coefficient (Wildman–Crippen LogP) is 5.08. The summed E-state index contributed by atoms with van der Waals surface area (Å²) in [6.07, 6.45) is 0. The molecule has 1 N–H and O–H groups in total. The minimum Gasteiger partial charge on any atom is -0.424 e. The average molecular weight is 482 g/mol. The number of halogens is 1. The largest absolute Gasteiger partial charge is 0.424 e. The number of nitrogens with one attached hydrogen (secondary N) is 1. The zero-order valence-corrected chi connectivity index (χ0v) is 19.3. The number of carbonyl (C=O) groups is 3. The summed E-state index contributed by atoms with van der Waals surface area (Å²) in [4.78, 5) is 48.1. The summed E-state index contributed by atoms with van der Waals surface area (Å²) in [5.41, 5.74) is 2.70. The van der Waals surface area contributed by atoms with Gasteiger partial charge in [-0.05, 0) is 74.5 Å². The number of hydrogen-bond acceptors (Lipinski definition) is 6. The number of aromatic nitrogens is 2. The van der Waals surface area contributed by atoms with Crippen LogP contribution in [0.3, 0.4) is 0 Å². The molecule has 0 bridgehead atoms. The molecule has 0 saturated carbocycles. The summed E-state index contributed by atoms with van der Waals surface area (Å²) in [6.45, 7) is 3.68. The first kappa shape index (κ1) is 22.9. The molecule has 0 atom stereocenters. The van der Waals surface area contributed by atoms with E-state index >= 15 is 0 Å². The standard InChI is InChI=1S/C27H19FN4O4/c1-15-12-16(2)30-27(29-15)36-21-5-3-4-19(14-21)31-24(33)17-6-11-22-23(13-17)26(35)32(25(22)34)20-9-7-18(28)8-10-20/h3-14H,1-2H3,(H,31,33). The molecule has 3 amide bonds. The van der Waals surface area contributed by atoms with Gasteiger partial charge in [-0.2, -0.15) is 0 Å². The third-order valence-electron chi connectivity index (χ3n) is 5.50. The van der Waals surface area contributed by atoms with Gasteiger partial charge >= 0.3 is 6.01 Å². The number of ether oxygens (including phenoxy) is 1. The smallest absolute Gasteiger partial charge is 0.322 e. The van der Waals surface area contributed by atoms with E-state index in [9.17, 15) is 18.8 Å². The zero-order valence-electron chi connectivity index (χ0n) is 19.3. The molecule has 0 saturated heterocycles. The Morgan fingerprint density at radius 2 is 1.56 bits per heavy atom. The van der Waals surface area contributed by atoms with Crippen molar-refractivity contribution in [2.45, 2.75) is 13.8 Å². The van der Waals surface area contributed by atoms with Gasteiger partial charge in [0.25, 0.3) is 17.7 Å². The quantitative estimate of drug-likeness (QED) is 0.398. The normalized spacial score (nSPS) is 12.5. The number of hydrogen-bond donors (Lipinski definition) is 1. The molecule has 1 aliphatic heterocycles. The van der Waals surface area contributed by atoms with Gasteiger partial charge in [-0.15, -0.1) is 0 Å². The number of amides is 3. The lowest BCUT2D eigenvalue weighted by atomic mass is 10.1. The van der Waals surface area contributed by atoms with E-state index < -0.39 is 23.5 Å². The van der Waals surface area contributed by atoms with E-state index in [-0.39, 0.29) is 28.4 Å². The summed E-state index contributed by atoms with van der Waals surface area (Å²) in [6, 6.07) is 18.1. The van der Waals surface area contributed by atoms with Gasteiger partial charge in [-0.1, -0.05) is 6.07 Å². The van der Waals surface area contributed by atoms with Crippen LogP contribution < -0.4 is 15.0 Å². The summed E-state index contributed by atoms with van der Waals surface area (Å²) >= 11 is 0. The number of benzene rings is 3. The van der Waals surface area contributed by atoms with E-state index in [1.807, 2.05) is 19.9 Å². The first-order valence-electron chi connectivity index (χ1n) is 11.0. The minimum absolute atomic E-state index is 0.0982. The molecule has 1 aromatic heterocycles.